The topological polar surface area (TPSA) is 71.7 Å². The first-order valence-electron chi connectivity index (χ1n) is 10.9. The third-order valence-electron chi connectivity index (χ3n) is 5.43. The van der Waals surface area contributed by atoms with E-state index in [2.05, 4.69) is 15.0 Å². The molecule has 1 aliphatic rings. The molecule has 2 heterocycles. The van der Waals surface area contributed by atoms with E-state index in [1.54, 1.807) is 11.8 Å². The Morgan fingerprint density at radius 3 is 2.56 bits per heavy atom. The molecule has 4 rings (SSSR count). The van der Waals surface area contributed by atoms with Crippen LogP contribution in [0.4, 0.5) is 0 Å². The molecule has 8 heteroatoms. The summed E-state index contributed by atoms with van der Waals surface area (Å²) in [6.07, 6.45) is 0. The standard InChI is InChI=1S/C24H28N4O3S/c1-3-30-19-8-10-20(11-9-19)32-17-23(29)28-14-12-27(13-15-28)16-22-25-24(26-31-22)21-7-5-4-6-18(21)2/h4-11H,3,12-17H2,1-2H3. The maximum Gasteiger partial charge on any atom is 0.241 e. The van der Waals surface area contributed by atoms with Crippen LogP contribution in [0.2, 0.25) is 0 Å². The second kappa shape index (κ2) is 10.7. The van der Waals surface area contributed by atoms with Crippen molar-refractivity contribution in [1.29, 1.82) is 0 Å². The second-order valence-electron chi connectivity index (χ2n) is 7.68. The minimum absolute atomic E-state index is 0.170. The summed E-state index contributed by atoms with van der Waals surface area (Å²) in [5, 5.41) is 4.14. The van der Waals surface area contributed by atoms with Gasteiger partial charge in [-0.2, -0.15) is 4.98 Å². The number of hydrogen-bond donors (Lipinski definition) is 0. The molecular weight excluding hydrogens is 424 g/mol. The van der Waals surface area contributed by atoms with Crippen molar-refractivity contribution in [3.05, 3.63) is 60.0 Å². The maximum atomic E-state index is 12.6. The number of aryl methyl sites for hydroxylation is 1. The van der Waals surface area contributed by atoms with Crippen molar-refractivity contribution in [3.8, 4) is 17.1 Å². The highest BCUT2D eigenvalue weighted by Gasteiger charge is 2.23. The van der Waals surface area contributed by atoms with Gasteiger partial charge >= 0.3 is 0 Å². The van der Waals surface area contributed by atoms with Crippen LogP contribution in [0.1, 0.15) is 18.4 Å². The predicted molar refractivity (Wildman–Crippen MR) is 125 cm³/mol. The van der Waals surface area contributed by atoms with Crippen LogP contribution in [-0.4, -0.2) is 64.4 Å². The van der Waals surface area contributed by atoms with Crippen molar-refractivity contribution in [1.82, 2.24) is 19.9 Å². The molecule has 0 spiro atoms. The number of aromatic nitrogens is 2. The van der Waals surface area contributed by atoms with Crippen LogP contribution in [0.3, 0.4) is 0 Å². The molecule has 0 atom stereocenters. The van der Waals surface area contributed by atoms with Crippen LogP contribution >= 0.6 is 11.8 Å². The van der Waals surface area contributed by atoms with Gasteiger partial charge in [-0.05, 0) is 43.7 Å². The highest BCUT2D eigenvalue weighted by molar-refractivity contribution is 8.00. The van der Waals surface area contributed by atoms with Gasteiger partial charge in [-0.15, -0.1) is 11.8 Å². The Hall–Kier alpha value is -2.84. The van der Waals surface area contributed by atoms with E-state index < -0.39 is 0 Å². The monoisotopic (exact) mass is 452 g/mol. The van der Waals surface area contributed by atoms with Crippen molar-refractivity contribution < 1.29 is 14.1 Å². The fourth-order valence-electron chi connectivity index (χ4n) is 3.63. The molecule has 32 heavy (non-hydrogen) atoms. The molecule has 1 amide bonds. The fourth-order valence-corrected chi connectivity index (χ4v) is 4.44. The van der Waals surface area contributed by atoms with Crippen molar-refractivity contribution in [2.45, 2.75) is 25.3 Å². The van der Waals surface area contributed by atoms with Gasteiger partial charge in [-0.3, -0.25) is 9.69 Å². The summed E-state index contributed by atoms with van der Waals surface area (Å²) in [6.45, 7) is 8.26. The van der Waals surface area contributed by atoms with Gasteiger partial charge < -0.3 is 14.2 Å². The lowest BCUT2D eigenvalue weighted by Gasteiger charge is -2.33. The van der Waals surface area contributed by atoms with Crippen LogP contribution < -0.4 is 4.74 Å². The van der Waals surface area contributed by atoms with Crippen molar-refractivity contribution >= 4 is 17.7 Å². The van der Waals surface area contributed by atoms with Crippen LogP contribution in [0, 0.1) is 6.92 Å². The average molecular weight is 453 g/mol. The Kier molecular flexibility index (Phi) is 7.44. The zero-order chi connectivity index (χ0) is 22.3. The summed E-state index contributed by atoms with van der Waals surface area (Å²) in [5.41, 5.74) is 2.11. The molecule has 2 aromatic carbocycles. The lowest BCUT2D eigenvalue weighted by atomic mass is 10.1. The van der Waals surface area contributed by atoms with Crippen LogP contribution in [0.15, 0.2) is 57.9 Å². The van der Waals surface area contributed by atoms with Crippen LogP contribution in [0.5, 0.6) is 5.75 Å². The summed E-state index contributed by atoms with van der Waals surface area (Å²) in [4.78, 5) is 22.4. The number of benzene rings is 2. The van der Waals surface area contributed by atoms with E-state index >= 15 is 0 Å². The Bertz CT molecular complexity index is 1030. The molecular formula is C24H28N4O3S. The Balaban J connectivity index is 1.23. The molecule has 0 saturated carbocycles. The molecule has 0 radical (unpaired) electrons. The van der Waals surface area contributed by atoms with Gasteiger partial charge in [0.1, 0.15) is 5.75 Å². The largest absolute Gasteiger partial charge is 0.494 e. The zero-order valence-corrected chi connectivity index (χ0v) is 19.3. The van der Waals surface area contributed by atoms with Gasteiger partial charge in [0.2, 0.25) is 17.6 Å². The van der Waals surface area contributed by atoms with Crippen molar-refractivity contribution in [2.75, 3.05) is 38.5 Å². The molecule has 1 aliphatic heterocycles. The molecule has 3 aromatic rings. The molecule has 1 fully saturated rings. The Labute approximate surface area is 192 Å². The van der Waals surface area contributed by atoms with Crippen LogP contribution in [-0.2, 0) is 11.3 Å². The third kappa shape index (κ3) is 5.69. The molecule has 1 saturated heterocycles. The third-order valence-corrected chi connectivity index (χ3v) is 6.43. The van der Waals surface area contributed by atoms with E-state index in [1.807, 2.05) is 67.3 Å². The number of piperazine rings is 1. The molecule has 7 nitrogen and oxygen atoms in total. The number of rotatable bonds is 8. The summed E-state index contributed by atoms with van der Waals surface area (Å²) in [6, 6.07) is 15.9. The Morgan fingerprint density at radius 1 is 1.09 bits per heavy atom. The number of hydrogen-bond acceptors (Lipinski definition) is 7. The number of carbonyl (C=O) groups excluding carboxylic acids is 1. The summed E-state index contributed by atoms with van der Waals surface area (Å²) in [5.74, 6) is 2.69. The summed E-state index contributed by atoms with van der Waals surface area (Å²) in [7, 11) is 0. The number of nitrogens with zero attached hydrogens (tertiary/aromatic N) is 4. The summed E-state index contributed by atoms with van der Waals surface area (Å²) < 4.78 is 10.9. The fraction of sp³-hybridized carbons (Fsp3) is 0.375. The quantitative estimate of drug-likeness (QED) is 0.480. The first-order chi connectivity index (χ1) is 15.6. The van der Waals surface area contributed by atoms with Crippen molar-refractivity contribution in [3.63, 3.8) is 0 Å². The van der Waals surface area contributed by atoms with E-state index in [0.717, 1.165) is 34.9 Å². The first-order valence-corrected chi connectivity index (χ1v) is 11.9. The van der Waals surface area contributed by atoms with E-state index in [0.29, 0.717) is 43.7 Å². The van der Waals surface area contributed by atoms with Gasteiger partial charge in [0.25, 0.3) is 0 Å². The van der Waals surface area contributed by atoms with E-state index in [9.17, 15) is 4.79 Å². The second-order valence-corrected chi connectivity index (χ2v) is 8.73. The van der Waals surface area contributed by atoms with Crippen molar-refractivity contribution in [2.24, 2.45) is 0 Å². The molecule has 0 N–H and O–H groups in total. The lowest BCUT2D eigenvalue weighted by molar-refractivity contribution is -0.130. The van der Waals surface area contributed by atoms with Gasteiger partial charge in [0.15, 0.2) is 0 Å². The number of thioether (sulfide) groups is 1. The van der Waals surface area contributed by atoms with E-state index in [-0.39, 0.29) is 5.91 Å². The zero-order valence-electron chi connectivity index (χ0n) is 18.5. The lowest BCUT2D eigenvalue weighted by Crippen LogP contribution is -2.48. The first kappa shape index (κ1) is 22.4. The summed E-state index contributed by atoms with van der Waals surface area (Å²) >= 11 is 1.56. The molecule has 0 bridgehead atoms. The molecule has 0 unspecified atom stereocenters. The van der Waals surface area contributed by atoms with E-state index in [1.165, 1.54) is 0 Å². The average Bonchev–Trinajstić information content (AvgIpc) is 3.27. The van der Waals surface area contributed by atoms with Crippen LogP contribution in [0.25, 0.3) is 11.4 Å². The predicted octanol–water partition coefficient (Wildman–Crippen LogP) is 3.88. The highest BCUT2D eigenvalue weighted by atomic mass is 32.2. The number of ether oxygens (including phenoxy) is 1. The molecule has 1 aromatic heterocycles. The smallest absolute Gasteiger partial charge is 0.241 e. The van der Waals surface area contributed by atoms with Gasteiger partial charge in [0.05, 0.1) is 18.9 Å². The van der Waals surface area contributed by atoms with Gasteiger partial charge in [-0.25, -0.2) is 0 Å². The van der Waals surface area contributed by atoms with Gasteiger partial charge in [-0.1, -0.05) is 29.4 Å². The molecule has 0 aliphatic carbocycles. The highest BCUT2D eigenvalue weighted by Crippen LogP contribution is 2.23. The molecule has 168 valence electrons. The number of amides is 1. The normalized spacial score (nSPS) is 14.5. The Morgan fingerprint density at radius 2 is 1.84 bits per heavy atom. The minimum Gasteiger partial charge on any atom is -0.494 e. The SMILES string of the molecule is CCOc1ccc(SCC(=O)N2CCN(Cc3nc(-c4ccccc4C)no3)CC2)cc1. The van der Waals surface area contributed by atoms with E-state index in [4.69, 9.17) is 9.26 Å². The minimum atomic E-state index is 0.170. The number of carbonyl (C=O) groups is 1. The van der Waals surface area contributed by atoms with Gasteiger partial charge in [0, 0.05) is 36.6 Å². The maximum absolute atomic E-state index is 12.6.